The van der Waals surface area contributed by atoms with Crippen LogP contribution in [-0.2, 0) is 16.0 Å². The van der Waals surface area contributed by atoms with Crippen LogP contribution in [0.15, 0.2) is 48.5 Å². The Kier molecular flexibility index (Phi) is 6.55. The lowest BCUT2D eigenvalue weighted by Gasteiger charge is -2.20. The predicted octanol–water partition coefficient (Wildman–Crippen LogP) is 3.24. The van der Waals surface area contributed by atoms with Gasteiger partial charge >= 0.3 is 0 Å². The molecule has 0 radical (unpaired) electrons. The first kappa shape index (κ1) is 18.5. The maximum absolute atomic E-state index is 12.2. The van der Waals surface area contributed by atoms with Crippen molar-refractivity contribution < 1.29 is 9.59 Å². The number of carbonyl (C=O) groups excluding carboxylic acids is 2. The quantitative estimate of drug-likeness (QED) is 0.864. The molecule has 0 atom stereocenters. The molecule has 0 aromatic heterocycles. The molecule has 0 spiro atoms. The highest BCUT2D eigenvalue weighted by Gasteiger charge is 2.14. The van der Waals surface area contributed by atoms with Gasteiger partial charge < -0.3 is 10.2 Å². The van der Waals surface area contributed by atoms with Crippen molar-refractivity contribution >= 4 is 29.1 Å². The number of hydrogen-bond acceptors (Lipinski definition) is 3. The SMILES string of the molecule is CC(=O)N(CCc1cccc(Cl)c1)CC(=O)Nc1cccc(C#N)c1. The largest absolute Gasteiger partial charge is 0.333 e. The molecule has 0 aliphatic carbocycles. The molecule has 0 heterocycles. The highest BCUT2D eigenvalue weighted by molar-refractivity contribution is 6.30. The highest BCUT2D eigenvalue weighted by atomic mass is 35.5. The molecule has 1 N–H and O–H groups in total. The lowest BCUT2D eigenvalue weighted by Crippen LogP contribution is -2.38. The molecule has 0 saturated carbocycles. The first-order chi connectivity index (χ1) is 12.0. The van der Waals surface area contributed by atoms with E-state index >= 15 is 0 Å². The number of anilines is 1. The monoisotopic (exact) mass is 355 g/mol. The van der Waals surface area contributed by atoms with Crippen molar-refractivity contribution in [2.75, 3.05) is 18.4 Å². The van der Waals surface area contributed by atoms with Crippen LogP contribution in [0.1, 0.15) is 18.1 Å². The average Bonchev–Trinajstić information content (AvgIpc) is 2.58. The van der Waals surface area contributed by atoms with E-state index in [0.717, 1.165) is 5.56 Å². The van der Waals surface area contributed by atoms with Gasteiger partial charge in [0.05, 0.1) is 18.2 Å². The number of carbonyl (C=O) groups is 2. The number of nitriles is 1. The van der Waals surface area contributed by atoms with E-state index in [-0.39, 0.29) is 18.4 Å². The number of benzene rings is 2. The molecular weight excluding hydrogens is 338 g/mol. The van der Waals surface area contributed by atoms with Crippen LogP contribution < -0.4 is 5.32 Å². The topological polar surface area (TPSA) is 73.2 Å². The summed E-state index contributed by atoms with van der Waals surface area (Å²) in [4.78, 5) is 25.5. The summed E-state index contributed by atoms with van der Waals surface area (Å²) in [5, 5.41) is 12.2. The fourth-order valence-corrected chi connectivity index (χ4v) is 2.56. The van der Waals surface area contributed by atoms with Crippen molar-refractivity contribution in [3.8, 4) is 6.07 Å². The summed E-state index contributed by atoms with van der Waals surface area (Å²) in [6, 6.07) is 16.1. The molecule has 128 valence electrons. The van der Waals surface area contributed by atoms with Crippen LogP contribution >= 0.6 is 11.6 Å². The van der Waals surface area contributed by atoms with E-state index in [1.807, 2.05) is 24.3 Å². The van der Waals surface area contributed by atoms with Crippen molar-refractivity contribution in [1.82, 2.24) is 4.90 Å². The standard InChI is InChI=1S/C19H18ClN3O2/c1-14(24)23(9-8-15-4-2-6-17(20)10-15)13-19(25)22-18-7-3-5-16(11-18)12-21/h2-7,10-11H,8-9,13H2,1H3,(H,22,25). The molecule has 2 aromatic carbocycles. The van der Waals surface area contributed by atoms with Gasteiger partial charge in [-0.05, 0) is 42.3 Å². The summed E-state index contributed by atoms with van der Waals surface area (Å²) in [6.07, 6.45) is 0.608. The Labute approximate surface area is 151 Å². The van der Waals surface area contributed by atoms with Gasteiger partial charge in [-0.3, -0.25) is 9.59 Å². The van der Waals surface area contributed by atoms with Gasteiger partial charge in [0.15, 0.2) is 0 Å². The Morgan fingerprint density at radius 2 is 1.96 bits per heavy atom. The fraction of sp³-hybridized carbons (Fsp3) is 0.211. The number of rotatable bonds is 6. The van der Waals surface area contributed by atoms with E-state index in [1.54, 1.807) is 30.3 Å². The summed E-state index contributed by atoms with van der Waals surface area (Å²) >= 11 is 5.95. The third kappa shape index (κ3) is 5.94. The van der Waals surface area contributed by atoms with Gasteiger partial charge in [0.1, 0.15) is 0 Å². The van der Waals surface area contributed by atoms with Crippen LogP contribution in [0.4, 0.5) is 5.69 Å². The Hall–Kier alpha value is -2.84. The van der Waals surface area contributed by atoms with Gasteiger partial charge in [0.25, 0.3) is 0 Å². The molecule has 0 bridgehead atoms. The molecule has 25 heavy (non-hydrogen) atoms. The maximum atomic E-state index is 12.2. The van der Waals surface area contributed by atoms with E-state index in [0.29, 0.717) is 29.2 Å². The zero-order chi connectivity index (χ0) is 18.2. The third-order valence-corrected chi connectivity index (χ3v) is 3.85. The van der Waals surface area contributed by atoms with E-state index in [2.05, 4.69) is 5.32 Å². The van der Waals surface area contributed by atoms with Crippen LogP contribution in [0.25, 0.3) is 0 Å². The van der Waals surface area contributed by atoms with E-state index < -0.39 is 0 Å². The van der Waals surface area contributed by atoms with Gasteiger partial charge in [-0.25, -0.2) is 0 Å². The number of nitrogens with one attached hydrogen (secondary N) is 1. The lowest BCUT2D eigenvalue weighted by molar-refractivity contribution is -0.132. The van der Waals surface area contributed by atoms with Gasteiger partial charge in [0.2, 0.25) is 11.8 Å². The van der Waals surface area contributed by atoms with E-state index in [9.17, 15) is 9.59 Å². The normalized spacial score (nSPS) is 9.96. The van der Waals surface area contributed by atoms with Crippen molar-refractivity contribution in [2.24, 2.45) is 0 Å². The predicted molar refractivity (Wildman–Crippen MR) is 97.2 cm³/mol. The first-order valence-electron chi connectivity index (χ1n) is 7.78. The number of amides is 2. The van der Waals surface area contributed by atoms with Crippen LogP contribution in [0.3, 0.4) is 0 Å². The van der Waals surface area contributed by atoms with Crippen molar-refractivity contribution in [3.63, 3.8) is 0 Å². The smallest absolute Gasteiger partial charge is 0.243 e. The average molecular weight is 356 g/mol. The third-order valence-electron chi connectivity index (χ3n) is 3.61. The minimum atomic E-state index is -0.309. The van der Waals surface area contributed by atoms with E-state index in [1.165, 1.54) is 11.8 Å². The van der Waals surface area contributed by atoms with Gasteiger partial charge in [0, 0.05) is 24.2 Å². The van der Waals surface area contributed by atoms with Crippen LogP contribution in [0, 0.1) is 11.3 Å². The van der Waals surface area contributed by atoms with Crippen LogP contribution in [-0.4, -0.2) is 29.8 Å². The molecule has 2 rings (SSSR count). The van der Waals surface area contributed by atoms with Gasteiger partial charge in [-0.2, -0.15) is 5.26 Å². The molecule has 2 amide bonds. The Balaban J connectivity index is 1.95. The molecule has 0 aliphatic rings. The van der Waals surface area contributed by atoms with Crippen molar-refractivity contribution in [3.05, 3.63) is 64.7 Å². The fourth-order valence-electron chi connectivity index (χ4n) is 2.34. The Morgan fingerprint density at radius 1 is 1.20 bits per heavy atom. The molecule has 0 saturated heterocycles. The lowest BCUT2D eigenvalue weighted by atomic mass is 10.1. The second-order valence-corrected chi connectivity index (χ2v) is 6.00. The van der Waals surface area contributed by atoms with Crippen molar-refractivity contribution in [1.29, 1.82) is 5.26 Å². The Morgan fingerprint density at radius 3 is 2.64 bits per heavy atom. The van der Waals surface area contributed by atoms with Gasteiger partial charge in [-0.15, -0.1) is 0 Å². The molecule has 6 heteroatoms. The molecule has 0 unspecified atom stereocenters. The zero-order valence-electron chi connectivity index (χ0n) is 13.8. The summed E-state index contributed by atoms with van der Waals surface area (Å²) < 4.78 is 0. The number of nitrogens with zero attached hydrogens (tertiary/aromatic N) is 2. The molecule has 5 nitrogen and oxygen atoms in total. The van der Waals surface area contributed by atoms with Gasteiger partial charge in [-0.1, -0.05) is 29.8 Å². The minimum absolute atomic E-state index is 0.0489. The summed E-state index contributed by atoms with van der Waals surface area (Å²) in [5.41, 5.74) is 1.99. The minimum Gasteiger partial charge on any atom is -0.333 e. The highest BCUT2D eigenvalue weighted by Crippen LogP contribution is 2.12. The summed E-state index contributed by atoms with van der Waals surface area (Å²) in [5.74, 6) is -0.487. The number of hydrogen-bond donors (Lipinski definition) is 1. The molecule has 0 aliphatic heterocycles. The first-order valence-corrected chi connectivity index (χ1v) is 8.15. The zero-order valence-corrected chi connectivity index (χ0v) is 14.6. The van der Waals surface area contributed by atoms with Crippen molar-refractivity contribution in [2.45, 2.75) is 13.3 Å². The van der Waals surface area contributed by atoms with Crippen LogP contribution in [0.5, 0.6) is 0 Å². The summed E-state index contributed by atoms with van der Waals surface area (Å²) in [7, 11) is 0. The van der Waals surface area contributed by atoms with E-state index in [4.69, 9.17) is 16.9 Å². The molecular formula is C19H18ClN3O2. The number of halogens is 1. The summed E-state index contributed by atoms with van der Waals surface area (Å²) in [6.45, 7) is 1.80. The second kappa shape index (κ2) is 8.86. The second-order valence-electron chi connectivity index (χ2n) is 5.56. The maximum Gasteiger partial charge on any atom is 0.243 e. The van der Waals surface area contributed by atoms with Crippen LogP contribution in [0.2, 0.25) is 5.02 Å². The Bertz CT molecular complexity index is 814. The molecule has 0 fully saturated rings. The molecule has 2 aromatic rings.